The van der Waals surface area contributed by atoms with Crippen LogP contribution in [0.3, 0.4) is 0 Å². The molecule has 1 aliphatic carbocycles. The Balaban J connectivity index is 2.31. The van der Waals surface area contributed by atoms with Crippen molar-refractivity contribution in [3.63, 3.8) is 0 Å². The quantitative estimate of drug-likeness (QED) is 0.584. The molecule has 1 saturated carbocycles. The fourth-order valence-electron chi connectivity index (χ4n) is 2.14. The highest BCUT2D eigenvalue weighted by Gasteiger charge is 2.26. The average molecular weight is 294 g/mol. The molecule has 1 aromatic carbocycles. The smallest absolute Gasteiger partial charge is 0.323 e. The van der Waals surface area contributed by atoms with Gasteiger partial charge >= 0.3 is 5.97 Å². The normalized spacial score (nSPS) is 13.8. The number of carbonyl (C=O) groups is 1. The third-order valence-corrected chi connectivity index (χ3v) is 3.26. The molecule has 21 heavy (non-hydrogen) atoms. The zero-order valence-electron chi connectivity index (χ0n) is 11.8. The molecule has 0 atom stereocenters. The average Bonchev–Trinajstić information content (AvgIpc) is 3.21. The van der Waals surface area contributed by atoms with Gasteiger partial charge in [-0.3, -0.25) is 14.9 Å². The van der Waals surface area contributed by atoms with Crippen molar-refractivity contribution in [3.05, 3.63) is 28.3 Å². The SMILES string of the molecule is CCOc1cc(N(CC(=O)O)CC2CC2)cc([N+](=O)[O-])c1. The Morgan fingerprint density at radius 1 is 1.48 bits per heavy atom. The minimum absolute atomic E-state index is 0.0952. The second kappa shape index (κ2) is 6.43. The Hall–Kier alpha value is -2.31. The summed E-state index contributed by atoms with van der Waals surface area (Å²) in [6.07, 6.45) is 2.15. The monoisotopic (exact) mass is 294 g/mol. The molecule has 7 nitrogen and oxygen atoms in total. The molecule has 1 aliphatic rings. The van der Waals surface area contributed by atoms with Crippen LogP contribution in [0.15, 0.2) is 18.2 Å². The molecule has 0 radical (unpaired) electrons. The Morgan fingerprint density at radius 2 is 2.19 bits per heavy atom. The van der Waals surface area contributed by atoms with E-state index in [2.05, 4.69) is 0 Å². The lowest BCUT2D eigenvalue weighted by Crippen LogP contribution is -2.31. The van der Waals surface area contributed by atoms with Gasteiger partial charge in [-0.1, -0.05) is 0 Å². The summed E-state index contributed by atoms with van der Waals surface area (Å²) in [6, 6.07) is 4.40. The molecular weight excluding hydrogens is 276 g/mol. The predicted octanol–water partition coefficient (Wildman–Crippen LogP) is 2.29. The summed E-state index contributed by atoms with van der Waals surface area (Å²) in [5.41, 5.74) is 0.420. The first-order valence-corrected chi connectivity index (χ1v) is 6.88. The van der Waals surface area contributed by atoms with Crippen molar-refractivity contribution in [2.24, 2.45) is 5.92 Å². The summed E-state index contributed by atoms with van der Waals surface area (Å²) < 4.78 is 5.33. The van der Waals surface area contributed by atoms with Crippen molar-refractivity contribution < 1.29 is 19.6 Å². The molecule has 0 unspecified atom stereocenters. The van der Waals surface area contributed by atoms with E-state index in [9.17, 15) is 14.9 Å². The lowest BCUT2D eigenvalue weighted by atomic mass is 10.2. The van der Waals surface area contributed by atoms with Crippen molar-refractivity contribution in [1.82, 2.24) is 0 Å². The summed E-state index contributed by atoms with van der Waals surface area (Å²) >= 11 is 0. The van der Waals surface area contributed by atoms with Gasteiger partial charge in [-0.25, -0.2) is 0 Å². The van der Waals surface area contributed by atoms with Gasteiger partial charge in [-0.2, -0.15) is 0 Å². The first-order chi connectivity index (χ1) is 9.99. The highest BCUT2D eigenvalue weighted by molar-refractivity contribution is 5.74. The van der Waals surface area contributed by atoms with E-state index in [1.807, 2.05) is 0 Å². The van der Waals surface area contributed by atoms with Crippen LogP contribution in [0.1, 0.15) is 19.8 Å². The first-order valence-electron chi connectivity index (χ1n) is 6.88. The third-order valence-electron chi connectivity index (χ3n) is 3.26. The van der Waals surface area contributed by atoms with E-state index in [0.717, 1.165) is 12.8 Å². The van der Waals surface area contributed by atoms with Gasteiger partial charge in [0.1, 0.15) is 12.3 Å². The topological polar surface area (TPSA) is 92.9 Å². The maximum Gasteiger partial charge on any atom is 0.323 e. The van der Waals surface area contributed by atoms with Gasteiger partial charge in [0.2, 0.25) is 0 Å². The number of nitro groups is 1. The number of hydrogen-bond acceptors (Lipinski definition) is 5. The molecule has 1 aromatic rings. The number of non-ortho nitro benzene ring substituents is 1. The van der Waals surface area contributed by atoms with Crippen molar-refractivity contribution >= 4 is 17.3 Å². The highest BCUT2D eigenvalue weighted by atomic mass is 16.6. The number of benzene rings is 1. The molecule has 7 heteroatoms. The molecule has 0 aliphatic heterocycles. The molecule has 0 saturated heterocycles. The molecule has 1 N–H and O–H groups in total. The summed E-state index contributed by atoms with van der Waals surface area (Å²) in [7, 11) is 0. The third kappa shape index (κ3) is 4.34. The van der Waals surface area contributed by atoms with Crippen LogP contribution in [0.4, 0.5) is 11.4 Å². The van der Waals surface area contributed by atoms with Crippen LogP contribution < -0.4 is 9.64 Å². The van der Waals surface area contributed by atoms with Gasteiger partial charge in [0.25, 0.3) is 5.69 Å². The number of carboxylic acids is 1. The minimum atomic E-state index is -0.958. The van der Waals surface area contributed by atoms with Crippen LogP contribution in [0.2, 0.25) is 0 Å². The van der Waals surface area contributed by atoms with Crippen molar-refractivity contribution in [2.75, 3.05) is 24.6 Å². The van der Waals surface area contributed by atoms with Crippen molar-refractivity contribution in [1.29, 1.82) is 0 Å². The summed E-state index contributed by atoms with van der Waals surface area (Å²) in [6.45, 7) is 2.60. The van der Waals surface area contributed by atoms with Crippen LogP contribution in [-0.2, 0) is 4.79 Å². The molecule has 0 amide bonds. The number of rotatable bonds is 8. The Bertz CT molecular complexity index is 542. The molecule has 0 heterocycles. The number of carboxylic acid groups (broad SMARTS) is 1. The molecule has 0 spiro atoms. The molecule has 114 valence electrons. The van der Waals surface area contributed by atoms with Crippen molar-refractivity contribution in [3.8, 4) is 5.75 Å². The number of anilines is 1. The van der Waals surface area contributed by atoms with Crippen LogP contribution >= 0.6 is 0 Å². The van der Waals surface area contributed by atoms with Gasteiger partial charge in [0.05, 0.1) is 17.6 Å². The maximum atomic E-state index is 11.0. The zero-order chi connectivity index (χ0) is 15.4. The maximum absolute atomic E-state index is 11.0. The van der Waals surface area contributed by atoms with Gasteiger partial charge in [-0.15, -0.1) is 0 Å². The van der Waals surface area contributed by atoms with E-state index in [1.165, 1.54) is 12.1 Å². The molecular formula is C14H18N2O5. The van der Waals surface area contributed by atoms with E-state index >= 15 is 0 Å². The Morgan fingerprint density at radius 3 is 2.71 bits per heavy atom. The van der Waals surface area contributed by atoms with Crippen LogP contribution in [0.25, 0.3) is 0 Å². The van der Waals surface area contributed by atoms with E-state index in [1.54, 1.807) is 17.9 Å². The number of ether oxygens (including phenoxy) is 1. The van der Waals surface area contributed by atoms with Crippen LogP contribution in [0.5, 0.6) is 5.75 Å². The second-order valence-corrected chi connectivity index (χ2v) is 5.09. The highest BCUT2D eigenvalue weighted by Crippen LogP contribution is 2.34. The van der Waals surface area contributed by atoms with Gasteiger partial charge in [0, 0.05) is 24.4 Å². The van der Waals surface area contributed by atoms with Crippen LogP contribution in [0, 0.1) is 16.0 Å². The standard InChI is InChI=1S/C14H18N2O5/c1-2-21-13-6-11(5-12(7-13)16(19)20)15(9-14(17)18)8-10-3-4-10/h5-7,10H,2-4,8-9H2,1H3,(H,17,18). The van der Waals surface area contributed by atoms with E-state index < -0.39 is 10.9 Å². The number of hydrogen-bond donors (Lipinski definition) is 1. The Labute approximate surface area is 122 Å². The lowest BCUT2D eigenvalue weighted by molar-refractivity contribution is -0.384. The van der Waals surface area contributed by atoms with E-state index in [4.69, 9.17) is 9.84 Å². The fourth-order valence-corrected chi connectivity index (χ4v) is 2.14. The molecule has 1 fully saturated rings. The first kappa shape index (κ1) is 15.1. The van der Waals surface area contributed by atoms with Crippen molar-refractivity contribution in [2.45, 2.75) is 19.8 Å². The predicted molar refractivity (Wildman–Crippen MR) is 76.8 cm³/mol. The molecule has 2 rings (SSSR count). The minimum Gasteiger partial charge on any atom is -0.494 e. The molecule has 0 aromatic heterocycles. The number of nitrogens with zero attached hydrogens (tertiary/aromatic N) is 2. The second-order valence-electron chi connectivity index (χ2n) is 5.09. The van der Waals surface area contributed by atoms with E-state index in [0.29, 0.717) is 30.5 Å². The Kier molecular flexibility index (Phi) is 4.62. The molecule has 0 bridgehead atoms. The van der Waals surface area contributed by atoms with Gasteiger partial charge in [-0.05, 0) is 25.7 Å². The summed E-state index contributed by atoms with van der Waals surface area (Å²) in [4.78, 5) is 23.2. The van der Waals surface area contributed by atoms with Crippen LogP contribution in [-0.4, -0.2) is 35.7 Å². The van der Waals surface area contributed by atoms with Gasteiger partial charge < -0.3 is 14.7 Å². The largest absolute Gasteiger partial charge is 0.494 e. The lowest BCUT2D eigenvalue weighted by Gasteiger charge is -2.23. The van der Waals surface area contributed by atoms with E-state index in [-0.39, 0.29) is 12.2 Å². The zero-order valence-corrected chi connectivity index (χ0v) is 11.8. The summed E-state index contributed by atoms with van der Waals surface area (Å²) in [5, 5.41) is 20.0. The number of nitro benzene ring substituents is 1. The summed E-state index contributed by atoms with van der Waals surface area (Å²) in [5.74, 6) is -0.104. The van der Waals surface area contributed by atoms with Gasteiger partial charge in [0.15, 0.2) is 0 Å². The fraction of sp³-hybridized carbons (Fsp3) is 0.500. The number of aliphatic carboxylic acids is 1.